The minimum atomic E-state index is -0.156. The highest BCUT2D eigenvalue weighted by Crippen LogP contribution is 2.32. The maximum atomic E-state index is 9.46. The molecule has 2 aromatic rings. The summed E-state index contributed by atoms with van der Waals surface area (Å²) in [6.07, 6.45) is 0. The van der Waals surface area contributed by atoms with Crippen molar-refractivity contribution in [1.29, 1.82) is 0 Å². The molecule has 17 heavy (non-hydrogen) atoms. The molecule has 0 atom stereocenters. The summed E-state index contributed by atoms with van der Waals surface area (Å²) in [5.41, 5.74) is 1.43. The minimum Gasteiger partial charge on any atom is -0.504 e. The van der Waals surface area contributed by atoms with Gasteiger partial charge in [0, 0.05) is 11.5 Å². The first-order valence-electron chi connectivity index (χ1n) is 5.48. The second-order valence-corrected chi connectivity index (χ2v) is 4.32. The Morgan fingerprint density at radius 3 is 2.41 bits per heavy atom. The van der Waals surface area contributed by atoms with Crippen LogP contribution in [0, 0.1) is 6.92 Å². The van der Waals surface area contributed by atoms with E-state index in [4.69, 9.17) is 4.42 Å². The summed E-state index contributed by atoms with van der Waals surface area (Å²) >= 11 is 0. The van der Waals surface area contributed by atoms with E-state index in [0.717, 1.165) is 5.56 Å². The predicted octanol–water partition coefficient (Wildman–Crippen LogP) is 3.18. The van der Waals surface area contributed by atoms with Crippen LogP contribution in [0.5, 0.6) is 11.5 Å². The first kappa shape index (κ1) is 11.5. The third-order valence-electron chi connectivity index (χ3n) is 2.56. The Kier molecular flexibility index (Phi) is 2.79. The van der Waals surface area contributed by atoms with Crippen LogP contribution in [0.4, 0.5) is 0 Å². The van der Waals surface area contributed by atoms with Gasteiger partial charge in [-0.3, -0.25) is 0 Å². The molecule has 0 aliphatic heterocycles. The van der Waals surface area contributed by atoms with Crippen molar-refractivity contribution in [1.82, 2.24) is 4.98 Å². The lowest BCUT2D eigenvalue weighted by Gasteiger charge is -2.00. The van der Waals surface area contributed by atoms with E-state index in [0.29, 0.717) is 17.3 Å². The van der Waals surface area contributed by atoms with Crippen LogP contribution in [0.15, 0.2) is 22.6 Å². The van der Waals surface area contributed by atoms with Crippen LogP contribution >= 0.6 is 0 Å². The van der Waals surface area contributed by atoms with E-state index in [1.165, 1.54) is 12.1 Å². The fourth-order valence-electron chi connectivity index (χ4n) is 1.60. The summed E-state index contributed by atoms with van der Waals surface area (Å²) in [4.78, 5) is 4.39. The molecule has 0 saturated heterocycles. The highest BCUT2D eigenvalue weighted by Gasteiger charge is 2.14. The maximum Gasteiger partial charge on any atom is 0.197 e. The second-order valence-electron chi connectivity index (χ2n) is 4.32. The van der Waals surface area contributed by atoms with Crippen LogP contribution in [0.3, 0.4) is 0 Å². The van der Waals surface area contributed by atoms with Crippen molar-refractivity contribution in [3.8, 4) is 22.8 Å². The minimum absolute atomic E-state index is 0.140. The molecule has 2 rings (SSSR count). The third kappa shape index (κ3) is 2.11. The van der Waals surface area contributed by atoms with Gasteiger partial charge < -0.3 is 14.6 Å². The highest BCUT2D eigenvalue weighted by molar-refractivity contribution is 5.65. The highest BCUT2D eigenvalue weighted by atomic mass is 16.4. The van der Waals surface area contributed by atoms with Gasteiger partial charge in [-0.15, -0.1) is 0 Å². The Balaban J connectivity index is 2.49. The van der Waals surface area contributed by atoms with Crippen LogP contribution in [0.2, 0.25) is 0 Å². The number of hydrogen-bond donors (Lipinski definition) is 2. The Labute approximate surface area is 99.6 Å². The smallest absolute Gasteiger partial charge is 0.197 e. The zero-order valence-electron chi connectivity index (χ0n) is 10.1. The Morgan fingerprint density at radius 1 is 1.18 bits per heavy atom. The molecular weight excluding hydrogens is 218 g/mol. The number of aromatic nitrogens is 1. The molecule has 0 bridgehead atoms. The van der Waals surface area contributed by atoms with Crippen LogP contribution in [-0.4, -0.2) is 15.2 Å². The first-order valence-corrected chi connectivity index (χ1v) is 5.48. The van der Waals surface area contributed by atoms with Gasteiger partial charge >= 0.3 is 0 Å². The van der Waals surface area contributed by atoms with Crippen molar-refractivity contribution in [2.24, 2.45) is 0 Å². The monoisotopic (exact) mass is 233 g/mol. The van der Waals surface area contributed by atoms with Gasteiger partial charge in [0.2, 0.25) is 0 Å². The number of nitrogens with zero attached hydrogens (tertiary/aromatic N) is 1. The van der Waals surface area contributed by atoms with Gasteiger partial charge in [0.05, 0.1) is 0 Å². The van der Waals surface area contributed by atoms with Crippen LogP contribution < -0.4 is 0 Å². The summed E-state index contributed by atoms with van der Waals surface area (Å²) in [5, 5.41) is 18.7. The zero-order chi connectivity index (χ0) is 12.6. The molecule has 1 aromatic carbocycles. The molecule has 0 aliphatic carbocycles. The van der Waals surface area contributed by atoms with E-state index in [1.54, 1.807) is 6.07 Å². The molecule has 4 heteroatoms. The number of benzene rings is 1. The summed E-state index contributed by atoms with van der Waals surface area (Å²) in [7, 11) is 0. The molecule has 0 aliphatic rings. The number of phenols is 2. The van der Waals surface area contributed by atoms with Gasteiger partial charge in [0.15, 0.2) is 17.4 Å². The average Bonchev–Trinajstić information content (AvgIpc) is 2.65. The lowest BCUT2D eigenvalue weighted by molar-refractivity contribution is 0.404. The quantitative estimate of drug-likeness (QED) is 0.782. The van der Waals surface area contributed by atoms with Crippen molar-refractivity contribution < 1.29 is 14.6 Å². The van der Waals surface area contributed by atoms with Gasteiger partial charge in [-0.1, -0.05) is 13.8 Å². The number of phenolic OH excluding ortho intramolecular Hbond substituents is 2. The molecule has 0 saturated carbocycles. The molecule has 0 unspecified atom stereocenters. The van der Waals surface area contributed by atoms with Crippen LogP contribution in [0.1, 0.15) is 31.4 Å². The fraction of sp³-hybridized carbons (Fsp3) is 0.308. The van der Waals surface area contributed by atoms with E-state index in [9.17, 15) is 10.2 Å². The Morgan fingerprint density at radius 2 is 1.88 bits per heavy atom. The van der Waals surface area contributed by atoms with E-state index in [2.05, 4.69) is 4.98 Å². The largest absolute Gasteiger partial charge is 0.504 e. The van der Waals surface area contributed by atoms with Crippen LogP contribution in [-0.2, 0) is 0 Å². The van der Waals surface area contributed by atoms with Crippen molar-refractivity contribution in [3.63, 3.8) is 0 Å². The van der Waals surface area contributed by atoms with E-state index < -0.39 is 0 Å². The molecule has 1 heterocycles. The average molecular weight is 233 g/mol. The number of oxazole rings is 1. The van der Waals surface area contributed by atoms with Gasteiger partial charge in [0.1, 0.15) is 11.5 Å². The van der Waals surface area contributed by atoms with Crippen LogP contribution in [0.25, 0.3) is 11.3 Å². The van der Waals surface area contributed by atoms with E-state index in [1.807, 2.05) is 20.8 Å². The van der Waals surface area contributed by atoms with Gasteiger partial charge in [0.25, 0.3) is 0 Å². The molecule has 0 fully saturated rings. The summed E-state index contributed by atoms with van der Waals surface area (Å²) < 4.78 is 5.55. The fourth-order valence-corrected chi connectivity index (χ4v) is 1.60. The molecule has 90 valence electrons. The molecule has 0 spiro atoms. The van der Waals surface area contributed by atoms with Crippen molar-refractivity contribution in [3.05, 3.63) is 29.9 Å². The SMILES string of the molecule is Cc1oc(C(C)C)nc1-c1ccc(O)c(O)c1. The van der Waals surface area contributed by atoms with Crippen molar-refractivity contribution in [2.45, 2.75) is 26.7 Å². The van der Waals surface area contributed by atoms with Gasteiger partial charge in [-0.05, 0) is 25.1 Å². The van der Waals surface area contributed by atoms with Crippen molar-refractivity contribution in [2.75, 3.05) is 0 Å². The second kappa shape index (κ2) is 4.13. The Hall–Kier alpha value is -1.97. The van der Waals surface area contributed by atoms with E-state index in [-0.39, 0.29) is 17.4 Å². The molecule has 2 N–H and O–H groups in total. The summed E-state index contributed by atoms with van der Waals surface area (Å²) in [5.74, 6) is 1.30. The molecule has 0 amide bonds. The topological polar surface area (TPSA) is 66.5 Å². The van der Waals surface area contributed by atoms with Gasteiger partial charge in [-0.2, -0.15) is 0 Å². The molecule has 0 radical (unpaired) electrons. The number of rotatable bonds is 2. The molecule has 4 nitrogen and oxygen atoms in total. The summed E-state index contributed by atoms with van der Waals surface area (Å²) in [6.45, 7) is 5.84. The van der Waals surface area contributed by atoms with Gasteiger partial charge in [-0.25, -0.2) is 4.98 Å². The lowest BCUT2D eigenvalue weighted by atomic mass is 10.1. The third-order valence-corrected chi connectivity index (χ3v) is 2.56. The zero-order valence-corrected chi connectivity index (χ0v) is 10.1. The normalized spacial score (nSPS) is 11.1. The number of aryl methyl sites for hydroxylation is 1. The maximum absolute atomic E-state index is 9.46. The van der Waals surface area contributed by atoms with E-state index >= 15 is 0 Å². The standard InChI is InChI=1S/C13H15NO3/c1-7(2)13-14-12(8(3)17-13)9-4-5-10(15)11(16)6-9/h4-7,15-16H,1-3H3. The lowest BCUT2D eigenvalue weighted by Crippen LogP contribution is -1.86. The predicted molar refractivity (Wildman–Crippen MR) is 64.1 cm³/mol. The first-order chi connectivity index (χ1) is 7.99. The number of hydrogen-bond acceptors (Lipinski definition) is 4. The molecule has 1 aromatic heterocycles. The summed E-state index contributed by atoms with van der Waals surface area (Å²) in [6, 6.07) is 4.61. The number of aromatic hydroxyl groups is 2. The Bertz CT molecular complexity index is 544. The molecular formula is C13H15NO3. The van der Waals surface area contributed by atoms with Crippen molar-refractivity contribution >= 4 is 0 Å².